The van der Waals surface area contributed by atoms with Crippen molar-refractivity contribution in [2.24, 2.45) is 0 Å². The largest absolute Gasteiger partial charge is 0.352 e. The molecule has 1 fully saturated rings. The topological polar surface area (TPSA) is 46.0 Å². The number of aromatic nitrogens is 3. The van der Waals surface area contributed by atoms with Crippen LogP contribution in [0.4, 0.5) is 0 Å². The van der Waals surface area contributed by atoms with Crippen molar-refractivity contribution in [2.75, 3.05) is 0 Å². The van der Waals surface area contributed by atoms with Crippen molar-refractivity contribution < 1.29 is 0 Å². The number of rotatable bonds is 5. The molecule has 1 aromatic carbocycles. The standard InChI is InChI=1S/C27H27N5S/c1-18-7-6-8-22(15-18)32-19(2)16-23(20(32)3)26-25(24-9-4-5-12-29-24)30-27(33)31(26)17-21-10-13-28-14-11-21/h4-16,25-26H,17H2,1-3H3,(H,30,33)/t25-,26-/m0/s1. The van der Waals surface area contributed by atoms with Gasteiger partial charge in [0.2, 0.25) is 0 Å². The van der Waals surface area contributed by atoms with Crippen molar-refractivity contribution in [3.05, 3.63) is 113 Å². The first kappa shape index (κ1) is 21.3. The fourth-order valence-corrected chi connectivity index (χ4v) is 5.16. The molecule has 5 nitrogen and oxygen atoms in total. The molecule has 0 spiro atoms. The molecule has 0 saturated carbocycles. The van der Waals surface area contributed by atoms with E-state index < -0.39 is 0 Å². The molecular weight excluding hydrogens is 426 g/mol. The molecule has 6 heteroatoms. The van der Waals surface area contributed by atoms with Crippen LogP contribution in [0.3, 0.4) is 0 Å². The molecule has 1 saturated heterocycles. The van der Waals surface area contributed by atoms with Gasteiger partial charge < -0.3 is 14.8 Å². The predicted molar refractivity (Wildman–Crippen MR) is 135 cm³/mol. The number of pyridine rings is 2. The van der Waals surface area contributed by atoms with Gasteiger partial charge in [0, 0.05) is 42.2 Å². The molecule has 4 aromatic rings. The molecular formula is C27H27N5S. The van der Waals surface area contributed by atoms with Gasteiger partial charge in [-0.3, -0.25) is 9.97 Å². The lowest BCUT2D eigenvalue weighted by atomic mass is 9.96. The fraction of sp³-hybridized carbons (Fsp3) is 0.222. The summed E-state index contributed by atoms with van der Waals surface area (Å²) in [7, 11) is 0. The van der Waals surface area contributed by atoms with Gasteiger partial charge in [-0.2, -0.15) is 0 Å². The van der Waals surface area contributed by atoms with Crippen molar-refractivity contribution >= 4 is 17.3 Å². The predicted octanol–water partition coefficient (Wildman–Crippen LogP) is 5.37. The minimum absolute atomic E-state index is 0.0188. The molecule has 2 atom stereocenters. The minimum atomic E-state index is -0.0352. The first-order valence-electron chi connectivity index (χ1n) is 11.2. The van der Waals surface area contributed by atoms with Crippen LogP contribution in [0.5, 0.6) is 0 Å². The van der Waals surface area contributed by atoms with E-state index in [0.717, 1.165) is 10.8 Å². The van der Waals surface area contributed by atoms with Gasteiger partial charge >= 0.3 is 0 Å². The van der Waals surface area contributed by atoms with Crippen LogP contribution in [0.25, 0.3) is 5.69 Å². The highest BCUT2D eigenvalue weighted by atomic mass is 32.1. The Labute approximate surface area is 200 Å². The van der Waals surface area contributed by atoms with E-state index in [1.54, 1.807) is 0 Å². The van der Waals surface area contributed by atoms with Gasteiger partial charge in [0.25, 0.3) is 0 Å². The van der Waals surface area contributed by atoms with Gasteiger partial charge in [-0.15, -0.1) is 0 Å². The molecule has 166 valence electrons. The SMILES string of the molecule is Cc1cccc(-n2c(C)cc([C@H]3[C@H](c4ccccn4)NC(=S)N3Cc3ccncc3)c2C)c1. The Kier molecular flexibility index (Phi) is 5.68. The van der Waals surface area contributed by atoms with Crippen molar-refractivity contribution in [3.8, 4) is 5.69 Å². The van der Waals surface area contributed by atoms with Crippen molar-refractivity contribution in [2.45, 2.75) is 39.4 Å². The summed E-state index contributed by atoms with van der Waals surface area (Å²) < 4.78 is 2.34. The van der Waals surface area contributed by atoms with E-state index in [4.69, 9.17) is 12.2 Å². The van der Waals surface area contributed by atoms with Crippen LogP contribution in [0.2, 0.25) is 0 Å². The first-order valence-corrected chi connectivity index (χ1v) is 11.6. The number of hydrogen-bond acceptors (Lipinski definition) is 3. The Morgan fingerprint density at radius 3 is 2.48 bits per heavy atom. The number of nitrogens with one attached hydrogen (secondary N) is 1. The summed E-state index contributed by atoms with van der Waals surface area (Å²) in [5.74, 6) is 0. The van der Waals surface area contributed by atoms with E-state index in [1.165, 1.54) is 33.8 Å². The van der Waals surface area contributed by atoms with Crippen molar-refractivity contribution in [3.63, 3.8) is 0 Å². The number of thiocarbonyl (C=S) groups is 1. The quantitative estimate of drug-likeness (QED) is 0.412. The molecule has 0 bridgehead atoms. The van der Waals surface area contributed by atoms with Crippen LogP contribution in [0, 0.1) is 20.8 Å². The normalized spacial score (nSPS) is 17.9. The molecule has 0 unspecified atom stereocenters. The highest BCUT2D eigenvalue weighted by Crippen LogP contribution is 2.42. The number of hydrogen-bond donors (Lipinski definition) is 1. The maximum Gasteiger partial charge on any atom is 0.170 e. The Morgan fingerprint density at radius 2 is 1.76 bits per heavy atom. The Morgan fingerprint density at radius 1 is 0.939 bits per heavy atom. The first-order chi connectivity index (χ1) is 16.0. The minimum Gasteiger partial charge on any atom is -0.352 e. The highest BCUT2D eigenvalue weighted by Gasteiger charge is 2.41. The molecule has 4 heterocycles. The zero-order chi connectivity index (χ0) is 22.9. The van der Waals surface area contributed by atoms with Gasteiger partial charge in [0.15, 0.2) is 5.11 Å². The van der Waals surface area contributed by atoms with E-state index in [-0.39, 0.29) is 12.1 Å². The van der Waals surface area contributed by atoms with Crippen LogP contribution in [0.15, 0.2) is 79.3 Å². The van der Waals surface area contributed by atoms with E-state index >= 15 is 0 Å². The maximum absolute atomic E-state index is 5.85. The molecule has 0 aliphatic carbocycles. The summed E-state index contributed by atoms with van der Waals surface area (Å²) >= 11 is 5.85. The lowest BCUT2D eigenvalue weighted by Gasteiger charge is -2.28. The Hall–Kier alpha value is -3.51. The Balaban J connectivity index is 1.62. The van der Waals surface area contributed by atoms with Gasteiger partial charge in [-0.1, -0.05) is 18.2 Å². The molecule has 1 aliphatic heterocycles. The van der Waals surface area contributed by atoms with Gasteiger partial charge in [0.05, 0.1) is 17.8 Å². The van der Waals surface area contributed by atoms with E-state index in [0.29, 0.717) is 6.54 Å². The van der Waals surface area contributed by atoms with Gasteiger partial charge in [0.1, 0.15) is 0 Å². The second kappa shape index (κ2) is 8.79. The van der Waals surface area contributed by atoms with E-state index in [1.807, 2.05) is 42.9 Å². The molecule has 1 N–H and O–H groups in total. The smallest absolute Gasteiger partial charge is 0.170 e. The average Bonchev–Trinajstić information content (AvgIpc) is 3.30. The third-order valence-electron chi connectivity index (χ3n) is 6.35. The summed E-state index contributed by atoms with van der Waals surface area (Å²) in [6, 6.07) is 21.1. The second-order valence-electron chi connectivity index (χ2n) is 8.61. The molecule has 33 heavy (non-hydrogen) atoms. The van der Waals surface area contributed by atoms with Crippen LogP contribution < -0.4 is 5.32 Å². The Bertz CT molecular complexity index is 1280. The summed E-state index contributed by atoms with van der Waals surface area (Å²) in [4.78, 5) is 11.1. The summed E-state index contributed by atoms with van der Waals surface area (Å²) in [6.45, 7) is 7.20. The lowest BCUT2D eigenvalue weighted by molar-refractivity contribution is 0.310. The molecule has 0 amide bonds. The number of benzene rings is 1. The molecule has 5 rings (SSSR count). The monoisotopic (exact) mass is 453 g/mol. The molecule has 3 aromatic heterocycles. The van der Waals surface area contributed by atoms with Crippen LogP contribution in [-0.2, 0) is 6.54 Å². The van der Waals surface area contributed by atoms with Crippen molar-refractivity contribution in [1.29, 1.82) is 0 Å². The summed E-state index contributed by atoms with van der Waals surface area (Å²) in [5.41, 5.74) is 8.27. The van der Waals surface area contributed by atoms with Gasteiger partial charge in [-0.05, 0) is 92.1 Å². The van der Waals surface area contributed by atoms with Crippen LogP contribution in [-0.4, -0.2) is 24.5 Å². The summed E-state index contributed by atoms with van der Waals surface area (Å²) in [6.07, 6.45) is 5.51. The zero-order valence-corrected chi connectivity index (χ0v) is 19.9. The second-order valence-corrected chi connectivity index (χ2v) is 9.00. The van der Waals surface area contributed by atoms with Crippen LogP contribution in [0.1, 0.15) is 45.9 Å². The molecule has 1 aliphatic rings. The average molecular weight is 454 g/mol. The fourth-order valence-electron chi connectivity index (χ4n) is 4.85. The van der Waals surface area contributed by atoms with Crippen molar-refractivity contribution in [1.82, 2.24) is 24.8 Å². The highest BCUT2D eigenvalue weighted by molar-refractivity contribution is 7.80. The number of nitrogens with zero attached hydrogens (tertiary/aromatic N) is 4. The lowest BCUT2D eigenvalue weighted by Crippen LogP contribution is -2.29. The van der Waals surface area contributed by atoms with E-state index in [9.17, 15) is 0 Å². The maximum atomic E-state index is 5.85. The van der Waals surface area contributed by atoms with E-state index in [2.05, 4.69) is 81.9 Å². The number of aryl methyl sites for hydroxylation is 2. The molecule has 0 radical (unpaired) electrons. The third kappa shape index (κ3) is 4.02. The third-order valence-corrected chi connectivity index (χ3v) is 6.70. The summed E-state index contributed by atoms with van der Waals surface area (Å²) in [5, 5.41) is 4.31. The zero-order valence-electron chi connectivity index (χ0n) is 19.1. The van der Waals surface area contributed by atoms with Gasteiger partial charge in [-0.25, -0.2) is 0 Å². The van der Waals surface area contributed by atoms with Crippen LogP contribution >= 0.6 is 12.2 Å².